The van der Waals surface area contributed by atoms with Gasteiger partial charge in [0.05, 0.1) is 12.3 Å². The third kappa shape index (κ3) is 3.24. The highest BCUT2D eigenvalue weighted by Gasteiger charge is 2.20. The van der Waals surface area contributed by atoms with Crippen LogP contribution in [0.25, 0.3) is 0 Å². The monoisotopic (exact) mass is 172 g/mol. The minimum atomic E-state index is -0.403. The first-order valence-electron chi connectivity index (χ1n) is 4.23. The lowest BCUT2D eigenvalue weighted by Gasteiger charge is -2.37. The van der Waals surface area contributed by atoms with Gasteiger partial charge >= 0.3 is 0 Å². The molecule has 0 atom stereocenters. The Balaban J connectivity index is 4.44. The highest BCUT2D eigenvalue weighted by Crippen LogP contribution is 2.13. The normalized spacial score (nSPS) is 13.3. The smallest absolute Gasteiger partial charge is 0.0823 e. The molecule has 0 bridgehead atoms. The fourth-order valence-corrected chi connectivity index (χ4v) is 1.17. The van der Waals surface area contributed by atoms with E-state index >= 15 is 0 Å². The van der Waals surface area contributed by atoms with Gasteiger partial charge in [0.2, 0.25) is 0 Å². The third-order valence-corrected chi connectivity index (χ3v) is 1.86. The molecular weight excluding hydrogens is 152 g/mol. The summed E-state index contributed by atoms with van der Waals surface area (Å²) in [5, 5.41) is 8.82. The molecule has 72 valence electrons. The first kappa shape index (κ1) is 11.5. The molecule has 3 nitrogen and oxygen atoms in total. The summed E-state index contributed by atoms with van der Waals surface area (Å²) in [5.74, 6) is 0. The van der Waals surface area contributed by atoms with Gasteiger partial charge in [-0.25, -0.2) is 0 Å². The number of aliphatic hydroxyl groups is 1. The van der Waals surface area contributed by atoms with Gasteiger partial charge in [-0.15, -0.1) is 0 Å². The van der Waals surface area contributed by atoms with Crippen LogP contribution in [0.15, 0.2) is 11.8 Å². The summed E-state index contributed by atoms with van der Waals surface area (Å²) in [5.41, 5.74) is 6.61. The molecule has 0 unspecified atom stereocenters. The van der Waals surface area contributed by atoms with Crippen molar-refractivity contribution in [3.05, 3.63) is 11.8 Å². The van der Waals surface area contributed by atoms with Gasteiger partial charge in [0.25, 0.3) is 0 Å². The van der Waals surface area contributed by atoms with Crippen LogP contribution in [-0.4, -0.2) is 28.8 Å². The SMILES string of the molecule is C/C=C(\C)N(CCO)C(C)(C)N. The number of allylic oxidation sites excluding steroid dienone is 2. The molecule has 3 N–H and O–H groups in total. The van der Waals surface area contributed by atoms with Crippen LogP contribution in [0, 0.1) is 0 Å². The van der Waals surface area contributed by atoms with Crippen LogP contribution in [0.3, 0.4) is 0 Å². The van der Waals surface area contributed by atoms with Gasteiger partial charge in [-0.1, -0.05) is 6.08 Å². The van der Waals surface area contributed by atoms with Crippen molar-refractivity contribution in [1.82, 2.24) is 4.90 Å². The molecule has 0 aliphatic rings. The van der Waals surface area contributed by atoms with E-state index in [0.29, 0.717) is 6.54 Å². The number of hydrogen-bond acceptors (Lipinski definition) is 3. The Morgan fingerprint density at radius 3 is 2.33 bits per heavy atom. The Kier molecular flexibility index (Phi) is 4.28. The molecule has 3 heteroatoms. The zero-order chi connectivity index (χ0) is 9.78. The largest absolute Gasteiger partial charge is 0.395 e. The van der Waals surface area contributed by atoms with Gasteiger partial charge in [0.1, 0.15) is 0 Å². The van der Waals surface area contributed by atoms with Gasteiger partial charge in [0, 0.05) is 12.2 Å². The number of aliphatic hydroxyl groups excluding tert-OH is 1. The fourth-order valence-electron chi connectivity index (χ4n) is 1.17. The van der Waals surface area contributed by atoms with Gasteiger partial charge in [-0.05, 0) is 27.7 Å². The molecule has 0 aromatic heterocycles. The highest BCUT2D eigenvalue weighted by atomic mass is 16.3. The van der Waals surface area contributed by atoms with E-state index in [9.17, 15) is 0 Å². The first-order chi connectivity index (χ1) is 5.43. The molecule has 0 aliphatic heterocycles. The standard InChI is InChI=1S/C9H20N2O/c1-5-8(2)11(6-7-12)9(3,4)10/h5,12H,6-7,10H2,1-4H3/b8-5+. The molecule has 0 spiro atoms. The zero-order valence-corrected chi connectivity index (χ0v) is 8.46. The number of rotatable bonds is 4. The molecule has 0 amide bonds. The van der Waals surface area contributed by atoms with Crippen molar-refractivity contribution in [2.75, 3.05) is 13.2 Å². The minimum Gasteiger partial charge on any atom is -0.395 e. The maximum absolute atomic E-state index is 8.82. The molecule has 0 fully saturated rings. The fraction of sp³-hybridized carbons (Fsp3) is 0.778. The van der Waals surface area contributed by atoms with Gasteiger partial charge < -0.3 is 15.7 Å². The second-order valence-electron chi connectivity index (χ2n) is 3.46. The lowest BCUT2D eigenvalue weighted by Crippen LogP contribution is -2.51. The van der Waals surface area contributed by atoms with Crippen molar-refractivity contribution in [3.8, 4) is 0 Å². The van der Waals surface area contributed by atoms with E-state index in [1.54, 1.807) is 0 Å². The van der Waals surface area contributed by atoms with E-state index in [-0.39, 0.29) is 6.61 Å². The molecule has 0 aromatic carbocycles. The molecule has 0 heterocycles. The summed E-state index contributed by atoms with van der Waals surface area (Å²) in [6.45, 7) is 8.52. The molecule has 0 saturated heterocycles. The predicted octanol–water partition coefficient (Wildman–Crippen LogP) is 0.899. The van der Waals surface area contributed by atoms with Crippen LogP contribution in [0.5, 0.6) is 0 Å². The van der Waals surface area contributed by atoms with E-state index in [2.05, 4.69) is 0 Å². The van der Waals surface area contributed by atoms with Crippen molar-refractivity contribution in [1.29, 1.82) is 0 Å². The quantitative estimate of drug-likeness (QED) is 0.619. The van der Waals surface area contributed by atoms with E-state index in [1.165, 1.54) is 0 Å². The summed E-state index contributed by atoms with van der Waals surface area (Å²) in [7, 11) is 0. The maximum Gasteiger partial charge on any atom is 0.0823 e. The summed E-state index contributed by atoms with van der Waals surface area (Å²) >= 11 is 0. The first-order valence-corrected chi connectivity index (χ1v) is 4.23. The molecule has 12 heavy (non-hydrogen) atoms. The molecule has 0 aliphatic carbocycles. The van der Waals surface area contributed by atoms with Gasteiger partial charge in [-0.3, -0.25) is 0 Å². The van der Waals surface area contributed by atoms with Crippen LogP contribution in [0.4, 0.5) is 0 Å². The average molecular weight is 172 g/mol. The van der Waals surface area contributed by atoms with E-state index < -0.39 is 5.66 Å². The lowest BCUT2D eigenvalue weighted by molar-refractivity contribution is 0.135. The van der Waals surface area contributed by atoms with E-state index in [0.717, 1.165) is 5.70 Å². The maximum atomic E-state index is 8.82. The number of hydrogen-bond donors (Lipinski definition) is 2. The van der Waals surface area contributed by atoms with Crippen molar-refractivity contribution < 1.29 is 5.11 Å². The second-order valence-corrected chi connectivity index (χ2v) is 3.46. The van der Waals surface area contributed by atoms with Crippen LogP contribution < -0.4 is 5.73 Å². The van der Waals surface area contributed by atoms with Crippen LogP contribution in [-0.2, 0) is 0 Å². The Morgan fingerprint density at radius 1 is 1.58 bits per heavy atom. The summed E-state index contributed by atoms with van der Waals surface area (Å²) in [6.07, 6.45) is 1.99. The van der Waals surface area contributed by atoms with Crippen LogP contribution >= 0.6 is 0 Å². The number of nitrogens with two attached hydrogens (primary N) is 1. The predicted molar refractivity (Wildman–Crippen MR) is 51.5 cm³/mol. The van der Waals surface area contributed by atoms with Crippen molar-refractivity contribution in [2.24, 2.45) is 5.73 Å². The molecule has 0 aromatic rings. The van der Waals surface area contributed by atoms with Crippen molar-refractivity contribution in [3.63, 3.8) is 0 Å². The summed E-state index contributed by atoms with van der Waals surface area (Å²) in [4.78, 5) is 1.98. The Bertz CT molecular complexity index is 158. The Labute approximate surface area is 74.9 Å². The summed E-state index contributed by atoms with van der Waals surface area (Å²) < 4.78 is 0. The van der Waals surface area contributed by atoms with Crippen LogP contribution in [0.2, 0.25) is 0 Å². The highest BCUT2D eigenvalue weighted by molar-refractivity contribution is 4.99. The second kappa shape index (κ2) is 4.48. The topological polar surface area (TPSA) is 49.5 Å². The number of nitrogens with zero attached hydrogens (tertiary/aromatic N) is 1. The zero-order valence-electron chi connectivity index (χ0n) is 8.46. The molecule has 0 radical (unpaired) electrons. The van der Waals surface area contributed by atoms with E-state index in [4.69, 9.17) is 10.8 Å². The van der Waals surface area contributed by atoms with Gasteiger partial charge in [0.15, 0.2) is 0 Å². The van der Waals surface area contributed by atoms with Crippen molar-refractivity contribution in [2.45, 2.75) is 33.4 Å². The molecule has 0 saturated carbocycles. The third-order valence-electron chi connectivity index (χ3n) is 1.86. The molecular formula is C9H20N2O. The average Bonchev–Trinajstić information content (AvgIpc) is 1.96. The Hall–Kier alpha value is -0.540. The van der Waals surface area contributed by atoms with E-state index in [1.807, 2.05) is 38.7 Å². The summed E-state index contributed by atoms with van der Waals surface area (Å²) in [6, 6.07) is 0. The minimum absolute atomic E-state index is 0.131. The van der Waals surface area contributed by atoms with Gasteiger partial charge in [-0.2, -0.15) is 0 Å². The Morgan fingerprint density at radius 2 is 2.08 bits per heavy atom. The lowest BCUT2D eigenvalue weighted by atomic mass is 10.2. The van der Waals surface area contributed by atoms with Crippen molar-refractivity contribution >= 4 is 0 Å². The molecule has 0 rings (SSSR count). The van der Waals surface area contributed by atoms with Crippen LogP contribution in [0.1, 0.15) is 27.7 Å².